The predicted octanol–water partition coefficient (Wildman–Crippen LogP) is 0.203. The molecule has 0 bridgehead atoms. The monoisotopic (exact) mass is 202 g/mol. The van der Waals surface area contributed by atoms with Crippen LogP contribution in [0.1, 0.15) is 6.92 Å². The van der Waals surface area contributed by atoms with E-state index in [-0.39, 0.29) is 5.82 Å². The van der Waals surface area contributed by atoms with Crippen molar-refractivity contribution in [3.8, 4) is 0 Å². The Kier molecular flexibility index (Phi) is 3.20. The van der Waals surface area contributed by atoms with Crippen LogP contribution >= 0.6 is 15.2 Å². The fraction of sp³-hybridized carbons (Fsp3) is 0.333. The lowest BCUT2D eigenvalue weighted by Crippen LogP contribution is -1.80. The van der Waals surface area contributed by atoms with Crippen LogP contribution in [-0.2, 0) is 9.13 Å². The van der Waals surface area contributed by atoms with Crippen LogP contribution in [0.15, 0.2) is 11.1 Å². The van der Waals surface area contributed by atoms with Crippen molar-refractivity contribution in [3.05, 3.63) is 11.1 Å². The van der Waals surface area contributed by atoms with E-state index in [2.05, 4.69) is 0 Å². The second-order valence-corrected chi connectivity index (χ2v) is 5.13. The largest absolute Gasteiger partial charge is 0.352 e. The first-order valence-electron chi connectivity index (χ1n) is 2.44. The van der Waals surface area contributed by atoms with Crippen molar-refractivity contribution >= 4 is 15.2 Å². The van der Waals surface area contributed by atoms with Crippen molar-refractivity contribution in [1.82, 2.24) is 0 Å². The lowest BCUT2D eigenvalue weighted by atomic mass is 10.8. The molecule has 0 aromatic rings. The van der Waals surface area contributed by atoms with Gasteiger partial charge in [0.25, 0.3) is 0 Å². The first-order valence-corrected chi connectivity index (χ1v) is 5.73. The summed E-state index contributed by atoms with van der Waals surface area (Å²) in [6, 6.07) is 0. The molecular formula is C3H8O6P2. The summed E-state index contributed by atoms with van der Waals surface area (Å²) in [6.07, 6.45) is 0. The van der Waals surface area contributed by atoms with Gasteiger partial charge >= 0.3 is 15.2 Å². The highest BCUT2D eigenvalue weighted by molar-refractivity contribution is 7.60. The van der Waals surface area contributed by atoms with Crippen LogP contribution in [0, 0.1) is 0 Å². The summed E-state index contributed by atoms with van der Waals surface area (Å²) >= 11 is 0. The van der Waals surface area contributed by atoms with E-state index in [1.165, 1.54) is 0 Å². The summed E-state index contributed by atoms with van der Waals surface area (Å²) < 4.78 is 20.5. The lowest BCUT2D eigenvalue weighted by Gasteiger charge is -2.03. The van der Waals surface area contributed by atoms with E-state index in [0.29, 0.717) is 0 Å². The Morgan fingerprint density at radius 3 is 1.64 bits per heavy atom. The fourth-order valence-corrected chi connectivity index (χ4v) is 1.86. The topological polar surface area (TPSA) is 115 Å². The van der Waals surface area contributed by atoms with Gasteiger partial charge < -0.3 is 19.6 Å². The van der Waals surface area contributed by atoms with E-state index in [4.69, 9.17) is 19.6 Å². The zero-order valence-corrected chi connectivity index (χ0v) is 7.37. The van der Waals surface area contributed by atoms with Crippen LogP contribution in [0.2, 0.25) is 0 Å². The molecule has 0 fully saturated rings. The number of allylic oxidation sites excluding steroid dienone is 1. The van der Waals surface area contributed by atoms with E-state index in [0.717, 1.165) is 6.92 Å². The smallest absolute Gasteiger partial charge is 0.321 e. The summed E-state index contributed by atoms with van der Waals surface area (Å²) in [7, 11) is -8.96. The van der Waals surface area contributed by atoms with Crippen LogP contribution in [-0.4, -0.2) is 19.6 Å². The summed E-state index contributed by atoms with van der Waals surface area (Å²) in [5.41, 5.74) is 0. The molecule has 0 atom stereocenters. The average Bonchev–Trinajstić information content (AvgIpc) is 1.56. The maximum Gasteiger partial charge on any atom is 0.352 e. The Labute approximate surface area is 62.9 Å². The number of hydrogen-bond donors (Lipinski definition) is 4. The first kappa shape index (κ1) is 11.0. The van der Waals surface area contributed by atoms with Gasteiger partial charge in [0.1, 0.15) is 0 Å². The minimum Gasteiger partial charge on any atom is -0.321 e. The summed E-state index contributed by atoms with van der Waals surface area (Å²) in [5.74, 6) is 0.258. The quantitative estimate of drug-likeness (QED) is 0.475. The van der Waals surface area contributed by atoms with Crippen LogP contribution in [0.25, 0.3) is 0 Å². The van der Waals surface area contributed by atoms with Crippen molar-refractivity contribution in [1.29, 1.82) is 0 Å². The zero-order chi connectivity index (χ0) is 9.28. The molecule has 0 aliphatic carbocycles. The van der Waals surface area contributed by atoms with Gasteiger partial charge in [-0.1, -0.05) is 0 Å². The fourth-order valence-electron chi connectivity index (χ4n) is 0.319. The van der Waals surface area contributed by atoms with E-state index >= 15 is 0 Å². The zero-order valence-electron chi connectivity index (χ0n) is 5.58. The van der Waals surface area contributed by atoms with E-state index in [1.807, 2.05) is 0 Å². The average molecular weight is 202 g/mol. The van der Waals surface area contributed by atoms with E-state index in [1.54, 1.807) is 0 Å². The third kappa shape index (κ3) is 5.32. The minimum absolute atomic E-state index is 0.258. The third-order valence-corrected chi connectivity index (χ3v) is 2.79. The van der Waals surface area contributed by atoms with Crippen molar-refractivity contribution in [3.63, 3.8) is 0 Å². The molecule has 0 aromatic carbocycles. The predicted molar refractivity (Wildman–Crippen MR) is 37.8 cm³/mol. The second kappa shape index (κ2) is 3.19. The molecule has 8 heteroatoms. The second-order valence-electron chi connectivity index (χ2n) is 1.90. The molecule has 0 aromatic heterocycles. The van der Waals surface area contributed by atoms with Crippen LogP contribution in [0.5, 0.6) is 0 Å². The molecule has 0 radical (unpaired) electrons. The molecule has 0 aliphatic rings. The molecule has 0 saturated carbocycles. The molecule has 0 rings (SSSR count). The molecule has 0 unspecified atom stereocenters. The number of rotatable bonds is 2. The molecule has 11 heavy (non-hydrogen) atoms. The van der Waals surface area contributed by atoms with Gasteiger partial charge in [0.15, 0.2) is 0 Å². The lowest BCUT2D eigenvalue weighted by molar-refractivity contribution is 0.376. The Hall–Kier alpha value is 0.0400. The van der Waals surface area contributed by atoms with Gasteiger partial charge in [-0.05, 0) is 6.92 Å². The highest BCUT2D eigenvalue weighted by Crippen LogP contribution is 2.50. The Morgan fingerprint density at radius 2 is 1.55 bits per heavy atom. The maximum atomic E-state index is 10.3. The van der Waals surface area contributed by atoms with Crippen LogP contribution in [0.3, 0.4) is 0 Å². The van der Waals surface area contributed by atoms with Crippen LogP contribution in [0.4, 0.5) is 0 Å². The molecular weight excluding hydrogens is 194 g/mol. The van der Waals surface area contributed by atoms with Gasteiger partial charge in [0.05, 0.1) is 0 Å². The molecule has 4 N–H and O–H groups in total. The van der Waals surface area contributed by atoms with Gasteiger partial charge in [0.2, 0.25) is 0 Å². The Bertz CT molecular complexity index is 255. The van der Waals surface area contributed by atoms with Gasteiger partial charge in [-0.3, -0.25) is 9.13 Å². The van der Waals surface area contributed by atoms with Crippen molar-refractivity contribution in [2.24, 2.45) is 0 Å². The Balaban J connectivity index is 4.78. The standard InChI is InChI=1S/C3H8O6P2/c1-3(11(7,8)9)2-10(4,5)6/h2H,1H3,(H2,4,5,6)(H2,7,8,9)/b3-2+. The third-order valence-electron chi connectivity index (χ3n) is 0.814. The van der Waals surface area contributed by atoms with Gasteiger partial charge in [-0.2, -0.15) is 0 Å². The van der Waals surface area contributed by atoms with Gasteiger partial charge in [-0.25, -0.2) is 0 Å². The first-order chi connectivity index (χ1) is 4.63. The molecule has 0 spiro atoms. The van der Waals surface area contributed by atoms with E-state index < -0.39 is 20.5 Å². The Morgan fingerprint density at radius 1 is 1.18 bits per heavy atom. The van der Waals surface area contributed by atoms with Crippen LogP contribution < -0.4 is 0 Å². The van der Waals surface area contributed by atoms with E-state index in [9.17, 15) is 9.13 Å². The maximum absolute atomic E-state index is 10.3. The molecule has 0 aliphatic heterocycles. The SMILES string of the molecule is C/C(=C\P(=O)(O)O)P(=O)(O)O. The highest BCUT2D eigenvalue weighted by Gasteiger charge is 2.20. The minimum atomic E-state index is -4.48. The van der Waals surface area contributed by atoms with Crippen molar-refractivity contribution in [2.75, 3.05) is 0 Å². The molecule has 6 nitrogen and oxygen atoms in total. The van der Waals surface area contributed by atoms with Crippen molar-refractivity contribution < 1.29 is 28.7 Å². The molecule has 0 amide bonds. The summed E-state index contributed by atoms with van der Waals surface area (Å²) in [5, 5.41) is -0.620. The van der Waals surface area contributed by atoms with Crippen molar-refractivity contribution in [2.45, 2.75) is 6.92 Å². The molecule has 0 saturated heterocycles. The highest BCUT2D eigenvalue weighted by atomic mass is 31.2. The summed E-state index contributed by atoms with van der Waals surface area (Å²) in [4.78, 5) is 33.2. The summed E-state index contributed by atoms with van der Waals surface area (Å²) in [6.45, 7) is 0.958. The normalized spacial score (nSPS) is 15.2. The van der Waals surface area contributed by atoms with Gasteiger partial charge in [0, 0.05) is 11.1 Å². The van der Waals surface area contributed by atoms with Gasteiger partial charge in [-0.15, -0.1) is 0 Å². The number of hydrogen-bond acceptors (Lipinski definition) is 2. The molecule has 66 valence electrons. The molecule has 0 heterocycles.